The van der Waals surface area contributed by atoms with Crippen LogP contribution in [0, 0.1) is 0 Å². The van der Waals surface area contributed by atoms with E-state index in [1.165, 1.54) is 31.6 Å². The van der Waals surface area contributed by atoms with Gasteiger partial charge in [-0.05, 0) is 42.8 Å². The Labute approximate surface area is 226 Å². The van der Waals surface area contributed by atoms with Gasteiger partial charge in [0.25, 0.3) is 15.9 Å². The number of aliphatic hydroxyl groups excluding tert-OH is 1. The van der Waals surface area contributed by atoms with Crippen molar-refractivity contribution in [2.75, 3.05) is 25.0 Å². The van der Waals surface area contributed by atoms with Crippen molar-refractivity contribution in [3.8, 4) is 34.8 Å². The Morgan fingerprint density at radius 2 is 1.59 bits per heavy atom. The number of nitrogens with one attached hydrogen (secondary N) is 1. The summed E-state index contributed by atoms with van der Waals surface area (Å²) in [5.74, 6) is 0.640. The van der Waals surface area contributed by atoms with E-state index in [1.54, 1.807) is 49.4 Å². The maximum atomic E-state index is 13.5. The molecule has 0 saturated heterocycles. The highest BCUT2D eigenvalue weighted by molar-refractivity contribution is 7.92. The minimum absolute atomic E-state index is 0.0152. The third-order valence-electron chi connectivity index (χ3n) is 5.73. The molecule has 0 spiro atoms. The number of benzene rings is 2. The van der Waals surface area contributed by atoms with Crippen molar-refractivity contribution >= 4 is 15.8 Å². The van der Waals surface area contributed by atoms with Crippen molar-refractivity contribution < 1.29 is 27.7 Å². The lowest BCUT2D eigenvalue weighted by Gasteiger charge is -2.22. The van der Waals surface area contributed by atoms with Gasteiger partial charge in [0.2, 0.25) is 11.6 Å². The van der Waals surface area contributed by atoms with E-state index in [0.29, 0.717) is 11.5 Å². The summed E-state index contributed by atoms with van der Waals surface area (Å²) in [5.41, 5.74) is 0.253. The molecule has 0 amide bonds. The van der Waals surface area contributed by atoms with Gasteiger partial charge in [0.05, 0.1) is 25.2 Å². The quantitative estimate of drug-likeness (QED) is 0.278. The van der Waals surface area contributed by atoms with Crippen LogP contribution >= 0.6 is 0 Å². The molecule has 12 heteroatoms. The summed E-state index contributed by atoms with van der Waals surface area (Å²) in [4.78, 5) is 17.2. The summed E-state index contributed by atoms with van der Waals surface area (Å²) in [6.45, 7) is 5.60. The zero-order chi connectivity index (χ0) is 28.0. The molecule has 0 atom stereocenters. The van der Waals surface area contributed by atoms with E-state index in [0.717, 1.165) is 5.56 Å². The molecule has 39 heavy (non-hydrogen) atoms. The zero-order valence-electron chi connectivity index (χ0n) is 22.0. The third kappa shape index (κ3) is 6.24. The average molecular weight is 552 g/mol. The molecule has 0 fully saturated rings. The number of rotatable bonds is 11. The van der Waals surface area contributed by atoms with Crippen LogP contribution in [0.25, 0.3) is 11.6 Å². The SMILES string of the molecule is CCOc1nc(-c2ncccn2)nc(NS(=O)(=O)c2ccc(C(C)(C)CO)cc2)c1Oc1ccccc1OC. The standard InChI is InChI=1S/C27H29N5O6S/c1-5-37-26-22(38-21-10-7-6-9-20(21)36-4)23(30-25(31-26)24-28-15-8-16-29-24)32-39(34,35)19-13-11-18(12-14-19)27(2,3)17-33/h6-16,33H,5,17H2,1-4H3,(H,30,31,32). The largest absolute Gasteiger partial charge is 0.493 e. The van der Waals surface area contributed by atoms with Gasteiger partial charge < -0.3 is 19.3 Å². The number of ether oxygens (including phenoxy) is 3. The molecule has 0 radical (unpaired) electrons. The van der Waals surface area contributed by atoms with Crippen molar-refractivity contribution in [1.29, 1.82) is 0 Å². The summed E-state index contributed by atoms with van der Waals surface area (Å²) in [7, 11) is -2.66. The fourth-order valence-corrected chi connectivity index (χ4v) is 4.52. The fourth-order valence-electron chi connectivity index (χ4n) is 3.52. The van der Waals surface area contributed by atoms with Crippen LogP contribution in [-0.2, 0) is 15.4 Å². The van der Waals surface area contributed by atoms with Gasteiger partial charge in [0.1, 0.15) is 0 Å². The lowest BCUT2D eigenvalue weighted by Crippen LogP contribution is -2.22. The molecule has 0 aliphatic carbocycles. The van der Waals surface area contributed by atoms with Crippen LogP contribution in [0.1, 0.15) is 26.3 Å². The highest BCUT2D eigenvalue weighted by Crippen LogP contribution is 2.41. The Morgan fingerprint density at radius 3 is 2.21 bits per heavy atom. The minimum atomic E-state index is -4.15. The third-order valence-corrected chi connectivity index (χ3v) is 7.09. The van der Waals surface area contributed by atoms with E-state index >= 15 is 0 Å². The second-order valence-corrected chi connectivity index (χ2v) is 10.6. The smallest absolute Gasteiger partial charge is 0.263 e. The fraction of sp³-hybridized carbons (Fsp3) is 0.259. The predicted octanol–water partition coefficient (Wildman–Crippen LogP) is 4.20. The number of anilines is 1. The van der Waals surface area contributed by atoms with Gasteiger partial charge in [-0.15, -0.1) is 0 Å². The number of para-hydroxylation sites is 2. The zero-order valence-corrected chi connectivity index (χ0v) is 22.8. The maximum Gasteiger partial charge on any atom is 0.263 e. The van der Waals surface area contributed by atoms with Crippen LogP contribution in [0.2, 0.25) is 0 Å². The Morgan fingerprint density at radius 1 is 0.923 bits per heavy atom. The predicted molar refractivity (Wildman–Crippen MR) is 145 cm³/mol. The summed E-state index contributed by atoms with van der Waals surface area (Å²) < 4.78 is 46.7. The summed E-state index contributed by atoms with van der Waals surface area (Å²) >= 11 is 0. The first-order valence-corrected chi connectivity index (χ1v) is 13.5. The number of nitrogens with zero attached hydrogens (tertiary/aromatic N) is 4. The highest BCUT2D eigenvalue weighted by atomic mass is 32.2. The van der Waals surface area contributed by atoms with E-state index in [2.05, 4.69) is 24.7 Å². The lowest BCUT2D eigenvalue weighted by molar-refractivity contribution is 0.218. The Hall–Kier alpha value is -4.29. The van der Waals surface area contributed by atoms with Gasteiger partial charge in [-0.3, -0.25) is 4.72 Å². The molecule has 4 rings (SSSR count). The molecule has 4 aromatic rings. The van der Waals surface area contributed by atoms with Crippen molar-refractivity contribution in [1.82, 2.24) is 19.9 Å². The summed E-state index contributed by atoms with van der Waals surface area (Å²) in [6, 6.07) is 14.7. The van der Waals surface area contributed by atoms with E-state index in [4.69, 9.17) is 14.2 Å². The minimum Gasteiger partial charge on any atom is -0.493 e. The number of hydrogen-bond acceptors (Lipinski definition) is 10. The Bertz CT molecular complexity index is 1530. The normalized spacial score (nSPS) is 11.6. The van der Waals surface area contributed by atoms with Crippen molar-refractivity contribution in [2.24, 2.45) is 0 Å². The van der Waals surface area contributed by atoms with Crippen molar-refractivity contribution in [3.63, 3.8) is 0 Å². The van der Waals surface area contributed by atoms with Gasteiger partial charge in [-0.25, -0.2) is 23.4 Å². The molecule has 11 nitrogen and oxygen atoms in total. The molecular formula is C27H29N5O6S. The maximum absolute atomic E-state index is 13.5. The van der Waals surface area contributed by atoms with Gasteiger partial charge in [0, 0.05) is 17.8 Å². The number of hydrogen-bond donors (Lipinski definition) is 2. The molecule has 0 aliphatic rings. The first-order chi connectivity index (χ1) is 18.7. The number of sulfonamides is 1. The van der Waals surface area contributed by atoms with Crippen LogP contribution in [-0.4, -0.2) is 53.8 Å². The van der Waals surface area contributed by atoms with Crippen LogP contribution < -0.4 is 18.9 Å². The van der Waals surface area contributed by atoms with Gasteiger partial charge in [-0.2, -0.15) is 4.98 Å². The second kappa shape index (κ2) is 11.6. The van der Waals surface area contributed by atoms with Crippen LogP contribution in [0.5, 0.6) is 23.1 Å². The topological polar surface area (TPSA) is 146 Å². The number of aromatic nitrogens is 4. The van der Waals surface area contributed by atoms with E-state index < -0.39 is 15.4 Å². The molecular weight excluding hydrogens is 522 g/mol. The molecule has 204 valence electrons. The summed E-state index contributed by atoms with van der Waals surface area (Å²) in [6.07, 6.45) is 3.04. The van der Waals surface area contributed by atoms with Gasteiger partial charge >= 0.3 is 0 Å². The van der Waals surface area contributed by atoms with E-state index in [-0.39, 0.29) is 47.2 Å². The van der Waals surface area contributed by atoms with Crippen molar-refractivity contribution in [2.45, 2.75) is 31.1 Å². The first-order valence-electron chi connectivity index (χ1n) is 12.1. The van der Waals surface area contributed by atoms with E-state index in [9.17, 15) is 13.5 Å². The lowest BCUT2D eigenvalue weighted by atomic mass is 9.86. The number of aliphatic hydroxyl groups is 1. The van der Waals surface area contributed by atoms with Crippen LogP contribution in [0.4, 0.5) is 5.82 Å². The van der Waals surface area contributed by atoms with Gasteiger partial charge in [-0.1, -0.05) is 38.1 Å². The van der Waals surface area contributed by atoms with Crippen LogP contribution in [0.3, 0.4) is 0 Å². The van der Waals surface area contributed by atoms with Gasteiger partial charge in [0.15, 0.2) is 23.1 Å². The van der Waals surface area contributed by atoms with Crippen LogP contribution in [0.15, 0.2) is 71.9 Å². The van der Waals surface area contributed by atoms with E-state index in [1.807, 2.05) is 13.8 Å². The molecule has 2 heterocycles. The molecule has 0 bridgehead atoms. The molecule has 0 saturated carbocycles. The average Bonchev–Trinajstić information content (AvgIpc) is 2.95. The molecule has 0 unspecified atom stereocenters. The Kier molecular flexibility index (Phi) is 8.27. The second-order valence-electron chi connectivity index (χ2n) is 8.96. The number of methoxy groups -OCH3 is 1. The summed E-state index contributed by atoms with van der Waals surface area (Å²) in [5, 5.41) is 9.66. The molecule has 2 aromatic carbocycles. The molecule has 2 aromatic heterocycles. The highest BCUT2D eigenvalue weighted by Gasteiger charge is 2.26. The monoisotopic (exact) mass is 551 g/mol. The van der Waals surface area contributed by atoms with Crippen molar-refractivity contribution in [3.05, 3.63) is 72.6 Å². The first kappa shape index (κ1) is 27.7. The Balaban J connectivity index is 1.83. The molecule has 0 aliphatic heterocycles. The molecule has 2 N–H and O–H groups in total.